The van der Waals surface area contributed by atoms with Crippen LogP contribution >= 0.6 is 0 Å². The van der Waals surface area contributed by atoms with Crippen LogP contribution in [0.2, 0.25) is 0 Å². The Balaban J connectivity index is 1.27. The van der Waals surface area contributed by atoms with E-state index < -0.39 is 5.60 Å². The molecule has 1 saturated carbocycles. The Labute approximate surface area is 177 Å². The van der Waals surface area contributed by atoms with Gasteiger partial charge in [-0.05, 0) is 48.2 Å². The fourth-order valence-corrected chi connectivity index (χ4v) is 3.99. The zero-order valence-corrected chi connectivity index (χ0v) is 16.7. The molecule has 1 aliphatic heterocycles. The summed E-state index contributed by atoms with van der Waals surface area (Å²) in [5.41, 5.74) is 1.46. The van der Waals surface area contributed by atoms with Crippen LogP contribution < -0.4 is 0 Å². The van der Waals surface area contributed by atoms with E-state index >= 15 is 0 Å². The van der Waals surface area contributed by atoms with Gasteiger partial charge in [-0.25, -0.2) is 0 Å². The Morgan fingerprint density at radius 2 is 1.52 bits per heavy atom. The minimum Gasteiger partial charge on any atom is -0.492 e. The Morgan fingerprint density at radius 1 is 0.903 bits per heavy atom. The molecule has 2 aliphatic rings. The van der Waals surface area contributed by atoms with E-state index in [1.165, 1.54) is 0 Å². The molecule has 2 heterocycles. The molecule has 3 N–H and O–H groups in total. The Hall–Kier alpha value is -3.59. The molecule has 9 nitrogen and oxygen atoms in total. The maximum absolute atomic E-state index is 12.9. The van der Waals surface area contributed by atoms with Gasteiger partial charge in [0, 0.05) is 31.7 Å². The second-order valence-electron chi connectivity index (χ2n) is 8.14. The van der Waals surface area contributed by atoms with Gasteiger partial charge in [0.05, 0.1) is 5.39 Å². The van der Waals surface area contributed by atoms with Crippen molar-refractivity contribution in [2.24, 2.45) is 0 Å². The lowest BCUT2D eigenvalue weighted by Crippen LogP contribution is -2.53. The van der Waals surface area contributed by atoms with Crippen LogP contribution in [0.3, 0.4) is 0 Å². The zero-order valence-electron chi connectivity index (χ0n) is 16.7. The molecule has 31 heavy (non-hydrogen) atoms. The van der Waals surface area contributed by atoms with Gasteiger partial charge in [-0.15, -0.1) is 0 Å². The summed E-state index contributed by atoms with van der Waals surface area (Å²) in [6.45, 7) is 1.72. The number of piperazine rings is 1. The molecule has 0 radical (unpaired) electrons. The van der Waals surface area contributed by atoms with Crippen molar-refractivity contribution in [1.29, 1.82) is 0 Å². The summed E-state index contributed by atoms with van der Waals surface area (Å²) in [5, 5.41) is 33.5. The molecule has 9 heteroatoms. The molecule has 2 amide bonds. The molecule has 2 fully saturated rings. The summed E-state index contributed by atoms with van der Waals surface area (Å²) in [6.07, 6.45) is 1.04. The van der Waals surface area contributed by atoms with Crippen LogP contribution in [0.5, 0.6) is 5.88 Å². The summed E-state index contributed by atoms with van der Waals surface area (Å²) in [6, 6.07) is 12.4. The van der Waals surface area contributed by atoms with E-state index in [9.17, 15) is 25.0 Å². The Bertz CT molecular complexity index is 1170. The molecule has 0 atom stereocenters. The van der Waals surface area contributed by atoms with Crippen molar-refractivity contribution in [2.45, 2.75) is 18.4 Å². The molecule has 0 spiro atoms. The van der Waals surface area contributed by atoms with E-state index in [1.807, 2.05) is 12.1 Å². The largest absolute Gasteiger partial charge is 0.492 e. The number of aromatic nitrogens is 2. The van der Waals surface area contributed by atoms with Crippen LogP contribution in [0.15, 0.2) is 42.5 Å². The lowest BCUT2D eigenvalue weighted by molar-refractivity contribution is -0.143. The second kappa shape index (κ2) is 6.98. The topological polar surface area (TPSA) is 119 Å². The van der Waals surface area contributed by atoms with Crippen LogP contribution in [-0.4, -0.2) is 78.8 Å². The van der Waals surface area contributed by atoms with Gasteiger partial charge < -0.3 is 25.2 Å². The standard InChI is InChI=1S/C22H22N4O5/c27-19-17-13-16(5-6-18(17)26(31)23-19)14-1-3-15(4-2-14)20(28)24-9-11-25(12-10-24)21(29)22(30)7-8-22/h1-6,13,30-31H,7-12H2,(H,23,27). The first-order chi connectivity index (χ1) is 14.9. The summed E-state index contributed by atoms with van der Waals surface area (Å²) >= 11 is 0. The molecule has 1 saturated heterocycles. The maximum Gasteiger partial charge on any atom is 0.254 e. The SMILES string of the molecule is O=C(c1ccc(-c2ccc3c(c2)c(O)nn3O)cc1)N1CCN(C(=O)C2(O)CC2)CC1. The average molecular weight is 422 g/mol. The van der Waals surface area contributed by atoms with Gasteiger partial charge in [-0.3, -0.25) is 9.59 Å². The fraction of sp³-hybridized carbons (Fsp3) is 0.318. The lowest BCUT2D eigenvalue weighted by atomic mass is 10.0. The van der Waals surface area contributed by atoms with Gasteiger partial charge >= 0.3 is 0 Å². The van der Waals surface area contributed by atoms with Gasteiger partial charge in [0.25, 0.3) is 11.8 Å². The van der Waals surface area contributed by atoms with Crippen LogP contribution in [0.1, 0.15) is 23.2 Å². The van der Waals surface area contributed by atoms with E-state index in [4.69, 9.17) is 0 Å². The molecule has 2 aromatic carbocycles. The second-order valence-corrected chi connectivity index (χ2v) is 8.14. The summed E-state index contributed by atoms with van der Waals surface area (Å²) in [7, 11) is 0. The highest BCUT2D eigenvalue weighted by atomic mass is 16.5. The highest BCUT2D eigenvalue weighted by Gasteiger charge is 2.50. The normalized spacial score (nSPS) is 17.7. The number of amides is 2. The van der Waals surface area contributed by atoms with Crippen molar-refractivity contribution in [1.82, 2.24) is 19.7 Å². The molecule has 1 aromatic heterocycles. The molecule has 0 unspecified atom stereocenters. The lowest BCUT2D eigenvalue weighted by Gasteiger charge is -2.35. The van der Waals surface area contributed by atoms with E-state index in [1.54, 1.807) is 40.1 Å². The monoisotopic (exact) mass is 422 g/mol. The molecular weight excluding hydrogens is 400 g/mol. The molecule has 1 aliphatic carbocycles. The van der Waals surface area contributed by atoms with E-state index in [0.29, 0.717) is 60.3 Å². The highest BCUT2D eigenvalue weighted by Crippen LogP contribution is 2.37. The third-order valence-electron chi connectivity index (χ3n) is 6.08. The van der Waals surface area contributed by atoms with Crippen molar-refractivity contribution in [3.8, 4) is 17.0 Å². The van der Waals surface area contributed by atoms with Crippen LogP contribution in [-0.2, 0) is 4.79 Å². The van der Waals surface area contributed by atoms with Crippen LogP contribution in [0.25, 0.3) is 22.0 Å². The molecule has 3 aromatic rings. The predicted octanol–water partition coefficient (Wildman–Crippen LogP) is 1.46. The van der Waals surface area contributed by atoms with Crippen molar-refractivity contribution >= 4 is 22.7 Å². The Morgan fingerprint density at radius 3 is 2.16 bits per heavy atom. The Kier molecular flexibility index (Phi) is 4.37. The molecule has 5 rings (SSSR count). The minimum atomic E-state index is -1.17. The van der Waals surface area contributed by atoms with Crippen LogP contribution in [0, 0.1) is 0 Å². The van der Waals surface area contributed by atoms with Gasteiger partial charge in [-0.1, -0.05) is 28.1 Å². The predicted molar refractivity (Wildman–Crippen MR) is 111 cm³/mol. The quantitative estimate of drug-likeness (QED) is 0.550. The van der Waals surface area contributed by atoms with E-state index in [-0.39, 0.29) is 17.7 Å². The summed E-state index contributed by atoms with van der Waals surface area (Å²) in [4.78, 5) is 29.1. The number of hydrogen-bond donors (Lipinski definition) is 3. The maximum atomic E-state index is 12.9. The van der Waals surface area contributed by atoms with Crippen molar-refractivity contribution in [3.05, 3.63) is 48.0 Å². The first-order valence-corrected chi connectivity index (χ1v) is 10.2. The fourth-order valence-electron chi connectivity index (χ4n) is 3.99. The number of fused-ring (bicyclic) bond motifs is 1. The third kappa shape index (κ3) is 3.36. The average Bonchev–Trinajstić information content (AvgIpc) is 3.49. The summed E-state index contributed by atoms with van der Waals surface area (Å²) < 4.78 is 0. The number of nitrogens with zero attached hydrogens (tertiary/aromatic N) is 4. The van der Waals surface area contributed by atoms with Crippen molar-refractivity contribution in [3.63, 3.8) is 0 Å². The minimum absolute atomic E-state index is 0.0987. The smallest absolute Gasteiger partial charge is 0.254 e. The van der Waals surface area contributed by atoms with Crippen molar-refractivity contribution in [2.75, 3.05) is 26.2 Å². The molecule has 160 valence electrons. The summed E-state index contributed by atoms with van der Waals surface area (Å²) in [5.74, 6) is -0.574. The van der Waals surface area contributed by atoms with E-state index in [0.717, 1.165) is 11.1 Å². The first kappa shape index (κ1) is 19.4. The number of carbonyl (C=O) groups is 2. The van der Waals surface area contributed by atoms with Gasteiger partial charge in [0.1, 0.15) is 11.1 Å². The number of carbonyl (C=O) groups excluding carboxylic acids is 2. The first-order valence-electron chi connectivity index (χ1n) is 10.2. The highest BCUT2D eigenvalue weighted by molar-refractivity contribution is 5.95. The van der Waals surface area contributed by atoms with Gasteiger partial charge in [0.15, 0.2) is 0 Å². The third-order valence-corrected chi connectivity index (χ3v) is 6.08. The molecular formula is C22H22N4O5. The van der Waals surface area contributed by atoms with Crippen LogP contribution in [0.4, 0.5) is 0 Å². The number of benzene rings is 2. The number of aliphatic hydroxyl groups is 1. The van der Waals surface area contributed by atoms with E-state index in [2.05, 4.69) is 5.10 Å². The number of aromatic hydroxyl groups is 1. The van der Waals surface area contributed by atoms with Crippen molar-refractivity contribution < 1.29 is 25.0 Å². The number of rotatable bonds is 3. The zero-order chi connectivity index (χ0) is 21.8. The van der Waals surface area contributed by atoms with Gasteiger partial charge in [0.2, 0.25) is 5.88 Å². The number of hydrogen-bond acceptors (Lipinski definition) is 6. The van der Waals surface area contributed by atoms with Gasteiger partial charge in [-0.2, -0.15) is 0 Å². The molecule has 0 bridgehead atoms.